The summed E-state index contributed by atoms with van der Waals surface area (Å²) >= 11 is 0. The first-order valence-corrected chi connectivity index (χ1v) is 13.7. The van der Waals surface area contributed by atoms with Crippen molar-refractivity contribution in [2.75, 3.05) is 0 Å². The fourth-order valence-electron chi connectivity index (χ4n) is 8.28. The Morgan fingerprint density at radius 1 is 1.06 bits per heavy atom. The van der Waals surface area contributed by atoms with E-state index in [0.717, 1.165) is 25.7 Å². The van der Waals surface area contributed by atoms with Gasteiger partial charge in [-0.1, -0.05) is 59.3 Å². The first-order chi connectivity index (χ1) is 15.8. The highest BCUT2D eigenvalue weighted by atomic mass is 16.5. The minimum absolute atomic E-state index is 0.162. The fourth-order valence-corrected chi connectivity index (χ4v) is 8.28. The fraction of sp³-hybridized carbons (Fsp3) is 0.800. The molecule has 3 saturated carbocycles. The van der Waals surface area contributed by atoms with Gasteiger partial charge in [0.1, 0.15) is 11.7 Å². The van der Waals surface area contributed by atoms with Gasteiger partial charge in [0.25, 0.3) is 0 Å². The van der Waals surface area contributed by atoms with Crippen molar-refractivity contribution >= 4 is 11.8 Å². The Balaban J connectivity index is 1.60. The normalized spacial score (nSPS) is 43.7. The molecule has 0 unspecified atom stereocenters. The van der Waals surface area contributed by atoms with Crippen molar-refractivity contribution in [3.8, 4) is 0 Å². The van der Waals surface area contributed by atoms with Gasteiger partial charge in [-0.2, -0.15) is 0 Å². The van der Waals surface area contributed by atoms with Crippen LogP contribution in [0.5, 0.6) is 0 Å². The van der Waals surface area contributed by atoms with Gasteiger partial charge in [0, 0.05) is 18.8 Å². The SMILES string of the molecule is CC(=O)O[C@H]1CC[C@]2(C)[C@H]3CC[C@]4(C)[C@@H]([C@H](C)/C=C/[C@H](C)C(C)C)CC[C@H]4C3=CC(=O)[C@@]2(O)C1. The predicted octanol–water partition coefficient (Wildman–Crippen LogP) is 6.28. The van der Waals surface area contributed by atoms with Gasteiger partial charge in [0.05, 0.1) is 0 Å². The zero-order chi connectivity index (χ0) is 25.1. The van der Waals surface area contributed by atoms with E-state index in [1.807, 2.05) is 6.08 Å². The van der Waals surface area contributed by atoms with E-state index in [1.165, 1.54) is 18.9 Å². The van der Waals surface area contributed by atoms with Crippen LogP contribution in [-0.2, 0) is 14.3 Å². The van der Waals surface area contributed by atoms with Gasteiger partial charge in [-0.25, -0.2) is 0 Å². The monoisotopic (exact) mass is 470 g/mol. The Hall–Kier alpha value is -1.42. The van der Waals surface area contributed by atoms with Gasteiger partial charge < -0.3 is 9.84 Å². The largest absolute Gasteiger partial charge is 0.462 e. The van der Waals surface area contributed by atoms with Crippen LogP contribution in [0.1, 0.15) is 93.4 Å². The molecule has 4 nitrogen and oxygen atoms in total. The minimum atomic E-state index is -1.44. The van der Waals surface area contributed by atoms with Crippen LogP contribution in [0.2, 0.25) is 0 Å². The van der Waals surface area contributed by atoms with Crippen molar-refractivity contribution < 1.29 is 19.4 Å². The maximum Gasteiger partial charge on any atom is 0.302 e. The second kappa shape index (κ2) is 8.91. The molecule has 4 aliphatic rings. The molecule has 9 atom stereocenters. The summed E-state index contributed by atoms with van der Waals surface area (Å²) in [5.41, 5.74) is -0.406. The number of esters is 1. The van der Waals surface area contributed by atoms with Gasteiger partial charge in [0.15, 0.2) is 5.78 Å². The third kappa shape index (κ3) is 3.92. The average molecular weight is 471 g/mol. The highest BCUT2D eigenvalue weighted by molar-refractivity contribution is 5.99. The van der Waals surface area contributed by atoms with E-state index in [-0.39, 0.29) is 35.6 Å². The van der Waals surface area contributed by atoms with Crippen LogP contribution in [0.3, 0.4) is 0 Å². The second-order valence-corrected chi connectivity index (χ2v) is 12.9. The second-order valence-electron chi connectivity index (χ2n) is 12.9. The number of rotatable bonds is 5. The van der Waals surface area contributed by atoms with Crippen LogP contribution in [0.25, 0.3) is 0 Å². The molecule has 0 aliphatic heterocycles. The molecule has 3 fully saturated rings. The summed E-state index contributed by atoms with van der Waals surface area (Å²) in [6, 6.07) is 0. The number of ketones is 1. The van der Waals surface area contributed by atoms with Crippen LogP contribution in [0, 0.1) is 46.3 Å². The van der Waals surface area contributed by atoms with E-state index in [0.29, 0.717) is 36.0 Å². The van der Waals surface area contributed by atoms with Gasteiger partial charge in [-0.15, -0.1) is 0 Å². The first-order valence-electron chi connectivity index (χ1n) is 13.7. The smallest absolute Gasteiger partial charge is 0.302 e. The molecule has 34 heavy (non-hydrogen) atoms. The van der Waals surface area contributed by atoms with Gasteiger partial charge >= 0.3 is 5.97 Å². The zero-order valence-electron chi connectivity index (χ0n) is 22.4. The molecule has 0 amide bonds. The summed E-state index contributed by atoms with van der Waals surface area (Å²) in [4.78, 5) is 25.0. The summed E-state index contributed by atoms with van der Waals surface area (Å²) < 4.78 is 5.44. The number of hydrogen-bond donors (Lipinski definition) is 1. The number of aliphatic hydroxyl groups is 1. The van der Waals surface area contributed by atoms with Crippen molar-refractivity contribution in [1.82, 2.24) is 0 Å². The molecule has 190 valence electrons. The van der Waals surface area contributed by atoms with Crippen molar-refractivity contribution in [3.63, 3.8) is 0 Å². The Labute approximate surface area is 206 Å². The summed E-state index contributed by atoms with van der Waals surface area (Å²) in [7, 11) is 0. The Morgan fingerprint density at radius 2 is 1.76 bits per heavy atom. The van der Waals surface area contributed by atoms with E-state index in [4.69, 9.17) is 4.74 Å². The van der Waals surface area contributed by atoms with Crippen LogP contribution >= 0.6 is 0 Å². The lowest BCUT2D eigenvalue weighted by Crippen LogP contribution is -2.64. The number of carbonyl (C=O) groups is 2. The number of fused-ring (bicyclic) bond motifs is 5. The van der Waals surface area contributed by atoms with Crippen LogP contribution in [-0.4, -0.2) is 28.6 Å². The molecule has 4 aliphatic carbocycles. The number of hydrogen-bond acceptors (Lipinski definition) is 4. The summed E-state index contributed by atoms with van der Waals surface area (Å²) in [6.07, 6.45) is 12.5. The molecular formula is C30H46O4. The third-order valence-corrected chi connectivity index (χ3v) is 10.9. The highest BCUT2D eigenvalue weighted by Gasteiger charge is 2.65. The zero-order valence-corrected chi connectivity index (χ0v) is 22.4. The minimum Gasteiger partial charge on any atom is -0.462 e. The molecule has 0 spiro atoms. The van der Waals surface area contributed by atoms with Gasteiger partial charge in [0.2, 0.25) is 0 Å². The standard InChI is InChI=1S/C30H46O4/c1-18(2)19(3)8-9-20(4)24-10-11-25-23-16-27(32)30(33)17-22(34-21(5)31)12-15-29(30,7)26(23)13-14-28(24,25)6/h8-9,16,18-20,22,24-26,33H,10-15,17H2,1-7H3/b9-8+/t19-,20+,22-,24+,25-,26-,28+,29+,30-/m0/s1. The van der Waals surface area contributed by atoms with Crippen LogP contribution < -0.4 is 0 Å². The highest BCUT2D eigenvalue weighted by Crippen LogP contribution is 2.67. The molecule has 0 aromatic heterocycles. The van der Waals surface area contributed by atoms with Crippen molar-refractivity contribution in [2.45, 2.75) is 105 Å². The molecule has 0 radical (unpaired) electrons. The van der Waals surface area contributed by atoms with Crippen molar-refractivity contribution in [3.05, 3.63) is 23.8 Å². The van der Waals surface area contributed by atoms with E-state index in [1.54, 1.807) is 0 Å². The third-order valence-electron chi connectivity index (χ3n) is 10.9. The molecule has 0 aromatic carbocycles. The summed E-state index contributed by atoms with van der Waals surface area (Å²) in [6.45, 7) is 15.2. The van der Waals surface area contributed by atoms with E-state index >= 15 is 0 Å². The maximum absolute atomic E-state index is 13.5. The van der Waals surface area contributed by atoms with Crippen molar-refractivity contribution in [1.29, 1.82) is 0 Å². The molecule has 0 heterocycles. The molecule has 4 rings (SSSR count). The molecular weight excluding hydrogens is 424 g/mol. The summed E-state index contributed by atoms with van der Waals surface area (Å²) in [5, 5.41) is 11.8. The van der Waals surface area contributed by atoms with E-state index < -0.39 is 11.0 Å². The topological polar surface area (TPSA) is 63.6 Å². The number of allylic oxidation sites excluding steroid dienone is 3. The van der Waals surface area contributed by atoms with E-state index in [2.05, 4.69) is 53.7 Å². The molecule has 1 N–H and O–H groups in total. The Morgan fingerprint density at radius 3 is 2.41 bits per heavy atom. The van der Waals surface area contributed by atoms with Crippen LogP contribution in [0.15, 0.2) is 23.8 Å². The Bertz CT molecular complexity index is 886. The molecule has 0 saturated heterocycles. The number of ether oxygens (including phenoxy) is 1. The van der Waals surface area contributed by atoms with E-state index in [9.17, 15) is 14.7 Å². The maximum atomic E-state index is 13.5. The lowest BCUT2D eigenvalue weighted by molar-refractivity contribution is -0.188. The summed E-state index contributed by atoms with van der Waals surface area (Å²) in [5.74, 6) is 2.54. The van der Waals surface area contributed by atoms with Crippen molar-refractivity contribution in [2.24, 2.45) is 46.3 Å². The quantitative estimate of drug-likeness (QED) is 0.380. The predicted molar refractivity (Wildman–Crippen MR) is 135 cm³/mol. The first kappa shape index (κ1) is 25.7. The molecule has 0 bridgehead atoms. The van der Waals surface area contributed by atoms with Crippen LogP contribution in [0.4, 0.5) is 0 Å². The Kier molecular flexibility index (Phi) is 6.72. The van der Waals surface area contributed by atoms with Gasteiger partial charge in [-0.05, 0) is 85.5 Å². The molecule has 0 aromatic rings. The lowest BCUT2D eigenvalue weighted by Gasteiger charge is -2.60. The van der Waals surface area contributed by atoms with Gasteiger partial charge in [-0.3, -0.25) is 9.59 Å². The lowest BCUT2D eigenvalue weighted by atomic mass is 9.46. The number of carbonyl (C=O) groups excluding carboxylic acids is 2. The average Bonchev–Trinajstić information content (AvgIpc) is 3.11. The molecule has 4 heteroatoms.